The van der Waals surface area contributed by atoms with Crippen LogP contribution in [0.1, 0.15) is 15.9 Å². The van der Waals surface area contributed by atoms with Gasteiger partial charge in [-0.05, 0) is 35.9 Å². The Morgan fingerprint density at radius 3 is 2.41 bits per heavy atom. The van der Waals surface area contributed by atoms with Crippen LogP contribution in [-0.4, -0.2) is 16.9 Å². The Hall–Kier alpha value is -3.61. The molecule has 0 aliphatic rings. The molecule has 0 aliphatic carbocycles. The van der Waals surface area contributed by atoms with Gasteiger partial charge in [-0.3, -0.25) is 15.1 Å². The fraction of sp³-hybridized carbons (Fsp3) is 0.0500. The minimum atomic E-state index is -0.738. The third-order valence-corrected chi connectivity index (χ3v) is 3.54. The van der Waals surface area contributed by atoms with Crippen LogP contribution in [-0.2, 0) is 6.54 Å². The van der Waals surface area contributed by atoms with Crippen molar-refractivity contribution < 1.29 is 13.6 Å². The summed E-state index contributed by atoms with van der Waals surface area (Å²) < 4.78 is 26.9. The lowest BCUT2D eigenvalue weighted by molar-refractivity contribution is 0.0977. The average molecular weight is 366 g/mol. The van der Waals surface area contributed by atoms with Gasteiger partial charge >= 0.3 is 0 Å². The van der Waals surface area contributed by atoms with Crippen molar-refractivity contribution >= 4 is 17.6 Å². The molecule has 7 heteroatoms. The quantitative estimate of drug-likeness (QED) is 0.546. The summed E-state index contributed by atoms with van der Waals surface area (Å²) >= 11 is 0. The largest absolute Gasteiger partial charge is 0.326 e. The second-order valence-electron chi connectivity index (χ2n) is 5.63. The van der Waals surface area contributed by atoms with Gasteiger partial charge < -0.3 is 5.32 Å². The van der Waals surface area contributed by atoms with Crippen molar-refractivity contribution in [3.8, 4) is 0 Å². The van der Waals surface area contributed by atoms with Crippen LogP contribution in [0, 0.1) is 11.6 Å². The Balaban J connectivity index is 1.82. The number of hydrogen-bond donors (Lipinski definition) is 2. The van der Waals surface area contributed by atoms with Crippen LogP contribution in [0.5, 0.6) is 0 Å². The molecular formula is C20H16F2N4O. The van der Waals surface area contributed by atoms with E-state index >= 15 is 0 Å². The number of pyridine rings is 1. The fourth-order valence-electron chi connectivity index (χ4n) is 2.30. The van der Waals surface area contributed by atoms with Gasteiger partial charge in [0.15, 0.2) is 0 Å². The zero-order valence-corrected chi connectivity index (χ0v) is 14.2. The summed E-state index contributed by atoms with van der Waals surface area (Å²) in [6.45, 7) is 0.225. The van der Waals surface area contributed by atoms with Crippen LogP contribution in [0.3, 0.4) is 0 Å². The van der Waals surface area contributed by atoms with E-state index < -0.39 is 17.5 Å². The van der Waals surface area contributed by atoms with Crippen molar-refractivity contribution in [3.05, 3.63) is 95.8 Å². The number of carbonyl (C=O) groups excluding carboxylic acids is 1. The molecule has 1 heterocycles. The van der Waals surface area contributed by atoms with Crippen molar-refractivity contribution in [1.82, 2.24) is 10.3 Å². The number of rotatable bonds is 4. The van der Waals surface area contributed by atoms with Gasteiger partial charge in [-0.2, -0.15) is 0 Å². The van der Waals surface area contributed by atoms with Gasteiger partial charge in [0, 0.05) is 29.7 Å². The molecule has 5 nitrogen and oxygen atoms in total. The maximum Gasteiger partial charge on any atom is 0.257 e. The summed E-state index contributed by atoms with van der Waals surface area (Å²) in [6.07, 6.45) is 3.28. The Morgan fingerprint density at radius 2 is 1.74 bits per heavy atom. The lowest BCUT2D eigenvalue weighted by Gasteiger charge is -2.12. The topological polar surface area (TPSA) is 66.4 Å². The average Bonchev–Trinajstić information content (AvgIpc) is 2.67. The summed E-state index contributed by atoms with van der Waals surface area (Å²) in [5.74, 6) is -1.81. The molecule has 0 spiro atoms. The van der Waals surface area contributed by atoms with E-state index in [0.717, 1.165) is 23.8 Å². The first-order valence-electron chi connectivity index (χ1n) is 8.13. The van der Waals surface area contributed by atoms with E-state index in [2.05, 4.69) is 20.6 Å². The Bertz CT molecular complexity index is 926. The smallest absolute Gasteiger partial charge is 0.257 e. The second-order valence-corrected chi connectivity index (χ2v) is 5.63. The monoisotopic (exact) mass is 366 g/mol. The van der Waals surface area contributed by atoms with E-state index in [4.69, 9.17) is 0 Å². The summed E-state index contributed by atoms with van der Waals surface area (Å²) in [4.78, 5) is 20.7. The third kappa shape index (κ3) is 5.43. The number of halogens is 2. The molecule has 27 heavy (non-hydrogen) atoms. The summed E-state index contributed by atoms with van der Waals surface area (Å²) in [5.41, 5.74) is 1.38. The molecule has 0 radical (unpaired) electrons. The van der Waals surface area contributed by atoms with Gasteiger partial charge in [-0.1, -0.05) is 24.3 Å². The van der Waals surface area contributed by atoms with Crippen LogP contribution in [0.2, 0.25) is 0 Å². The number of aromatic nitrogens is 1. The molecule has 3 rings (SSSR count). The molecule has 0 aliphatic heterocycles. The standard InChI is InChI=1S/C20H16F2N4O/c21-16-9-17(22)11-18(10-16)25-20(24-13-14-5-4-8-23-12-14)26-19(27)15-6-2-1-3-7-15/h1-12H,13H2,(H2,24,25,26,27). The highest BCUT2D eigenvalue weighted by Gasteiger charge is 2.10. The number of amides is 1. The SMILES string of the molecule is O=C(NC(=NCc1cccnc1)Nc1cc(F)cc(F)c1)c1ccccc1. The van der Waals surface area contributed by atoms with Gasteiger partial charge in [-0.25, -0.2) is 13.8 Å². The molecule has 1 amide bonds. The molecule has 1 aromatic heterocycles. The van der Waals surface area contributed by atoms with E-state index in [1.807, 2.05) is 6.07 Å². The predicted octanol–water partition coefficient (Wildman–Crippen LogP) is 3.76. The van der Waals surface area contributed by atoms with Crippen LogP contribution in [0.4, 0.5) is 14.5 Å². The number of anilines is 1. The highest BCUT2D eigenvalue weighted by molar-refractivity contribution is 6.09. The molecule has 0 atom stereocenters. The Kier molecular flexibility index (Phi) is 5.84. The molecule has 0 saturated carbocycles. The van der Waals surface area contributed by atoms with Gasteiger partial charge in [0.25, 0.3) is 5.91 Å². The lowest BCUT2D eigenvalue weighted by Crippen LogP contribution is -2.36. The van der Waals surface area contributed by atoms with Crippen molar-refractivity contribution in [2.24, 2.45) is 4.99 Å². The first kappa shape index (κ1) is 18.2. The number of benzene rings is 2. The maximum atomic E-state index is 13.4. The van der Waals surface area contributed by atoms with Crippen molar-refractivity contribution in [3.63, 3.8) is 0 Å². The molecular weight excluding hydrogens is 350 g/mol. The first-order chi connectivity index (χ1) is 13.1. The Labute approximate surface area is 154 Å². The molecule has 3 aromatic rings. The molecule has 136 valence electrons. The van der Waals surface area contributed by atoms with E-state index in [1.165, 1.54) is 0 Å². The van der Waals surface area contributed by atoms with E-state index in [9.17, 15) is 13.6 Å². The molecule has 0 saturated heterocycles. The van der Waals surface area contributed by atoms with Gasteiger partial charge in [-0.15, -0.1) is 0 Å². The Morgan fingerprint density at radius 1 is 1.00 bits per heavy atom. The summed E-state index contributed by atoms with van der Waals surface area (Å²) in [7, 11) is 0. The molecule has 0 unspecified atom stereocenters. The molecule has 0 bridgehead atoms. The molecule has 2 aromatic carbocycles. The zero-order chi connectivity index (χ0) is 19.1. The summed E-state index contributed by atoms with van der Waals surface area (Å²) in [6, 6.07) is 15.1. The van der Waals surface area contributed by atoms with Crippen molar-refractivity contribution in [2.45, 2.75) is 6.54 Å². The minimum absolute atomic E-state index is 0.0673. The molecule has 2 N–H and O–H groups in total. The van der Waals surface area contributed by atoms with Crippen LogP contribution < -0.4 is 10.6 Å². The molecule has 0 fully saturated rings. The van der Waals surface area contributed by atoms with Gasteiger partial charge in [0.1, 0.15) is 11.6 Å². The summed E-state index contributed by atoms with van der Waals surface area (Å²) in [5, 5.41) is 5.37. The predicted molar refractivity (Wildman–Crippen MR) is 99.3 cm³/mol. The maximum absolute atomic E-state index is 13.4. The van der Waals surface area contributed by atoms with Gasteiger partial charge in [0.05, 0.1) is 6.54 Å². The highest BCUT2D eigenvalue weighted by Crippen LogP contribution is 2.13. The van der Waals surface area contributed by atoms with Crippen LogP contribution >= 0.6 is 0 Å². The zero-order valence-electron chi connectivity index (χ0n) is 14.2. The fourth-order valence-corrected chi connectivity index (χ4v) is 2.30. The third-order valence-electron chi connectivity index (χ3n) is 3.54. The number of guanidine groups is 1. The second kappa shape index (κ2) is 8.66. The number of aliphatic imine (C=N–C) groups is 1. The lowest BCUT2D eigenvalue weighted by atomic mass is 10.2. The van der Waals surface area contributed by atoms with Crippen LogP contribution in [0.25, 0.3) is 0 Å². The number of nitrogens with one attached hydrogen (secondary N) is 2. The van der Waals surface area contributed by atoms with Gasteiger partial charge in [0.2, 0.25) is 5.96 Å². The van der Waals surface area contributed by atoms with Crippen molar-refractivity contribution in [2.75, 3.05) is 5.32 Å². The number of carbonyl (C=O) groups is 1. The first-order valence-corrected chi connectivity index (χ1v) is 8.13. The normalized spacial score (nSPS) is 11.1. The number of hydrogen-bond acceptors (Lipinski definition) is 3. The van der Waals surface area contributed by atoms with Crippen LogP contribution in [0.15, 0.2) is 78.0 Å². The number of nitrogens with zero attached hydrogens (tertiary/aromatic N) is 2. The van der Waals surface area contributed by atoms with Crippen molar-refractivity contribution in [1.29, 1.82) is 0 Å². The van der Waals surface area contributed by atoms with E-state index in [1.54, 1.807) is 48.8 Å². The highest BCUT2D eigenvalue weighted by atomic mass is 19.1. The van der Waals surface area contributed by atoms with E-state index in [-0.39, 0.29) is 18.2 Å². The minimum Gasteiger partial charge on any atom is -0.326 e. The van der Waals surface area contributed by atoms with E-state index in [0.29, 0.717) is 5.56 Å².